The molecule has 0 bridgehead atoms. The number of fused-ring (bicyclic) bond motifs is 1. The monoisotopic (exact) mass is 289 g/mol. The smallest absolute Gasteiger partial charge is 0.135 e. The van der Waals surface area contributed by atoms with Gasteiger partial charge in [-0.3, -0.25) is 4.90 Å². The zero-order chi connectivity index (χ0) is 14.5. The molecular weight excluding hydrogens is 262 g/mol. The molecular formula is C16H27N5. The van der Waals surface area contributed by atoms with Crippen LogP contribution in [0.5, 0.6) is 0 Å². The summed E-state index contributed by atoms with van der Waals surface area (Å²) in [7, 11) is 0. The fourth-order valence-electron chi connectivity index (χ4n) is 3.45. The Hall–Kier alpha value is -1.20. The van der Waals surface area contributed by atoms with E-state index in [-0.39, 0.29) is 0 Å². The fourth-order valence-corrected chi connectivity index (χ4v) is 3.45. The van der Waals surface area contributed by atoms with Crippen molar-refractivity contribution in [3.8, 4) is 0 Å². The number of aryl methyl sites for hydroxylation is 1. The first-order chi connectivity index (χ1) is 10.4. The lowest BCUT2D eigenvalue weighted by Crippen LogP contribution is -2.47. The molecule has 0 aromatic carbocycles. The maximum atomic E-state index is 5.54. The molecule has 1 aliphatic heterocycles. The van der Waals surface area contributed by atoms with Gasteiger partial charge in [-0.15, -0.1) is 0 Å². The molecule has 1 aromatic rings. The van der Waals surface area contributed by atoms with Gasteiger partial charge in [0, 0.05) is 37.4 Å². The minimum atomic E-state index is 0.826. The van der Waals surface area contributed by atoms with E-state index < -0.39 is 0 Å². The number of nitrogens with two attached hydrogens (primary N) is 1. The van der Waals surface area contributed by atoms with Gasteiger partial charge in [-0.2, -0.15) is 0 Å². The molecule has 5 heteroatoms. The fraction of sp³-hybridized carbons (Fsp3) is 0.750. The van der Waals surface area contributed by atoms with Crippen LogP contribution in [-0.4, -0.2) is 54.1 Å². The van der Waals surface area contributed by atoms with Crippen molar-refractivity contribution >= 4 is 5.82 Å². The molecule has 0 saturated carbocycles. The molecule has 2 aliphatic rings. The first-order valence-corrected chi connectivity index (χ1v) is 8.38. The van der Waals surface area contributed by atoms with Crippen molar-refractivity contribution in [2.45, 2.75) is 38.5 Å². The van der Waals surface area contributed by atoms with Crippen molar-refractivity contribution in [1.29, 1.82) is 0 Å². The highest BCUT2D eigenvalue weighted by molar-refractivity contribution is 5.50. The Morgan fingerprint density at radius 2 is 1.86 bits per heavy atom. The average molecular weight is 289 g/mol. The highest BCUT2D eigenvalue weighted by atomic mass is 15.3. The second-order valence-electron chi connectivity index (χ2n) is 6.15. The molecule has 116 valence electrons. The lowest BCUT2D eigenvalue weighted by atomic mass is 10.2. The first-order valence-electron chi connectivity index (χ1n) is 8.38. The van der Waals surface area contributed by atoms with E-state index in [0.29, 0.717) is 0 Å². The predicted molar refractivity (Wildman–Crippen MR) is 85.6 cm³/mol. The molecule has 1 aromatic heterocycles. The number of anilines is 1. The molecule has 2 N–H and O–H groups in total. The van der Waals surface area contributed by atoms with Gasteiger partial charge in [-0.25, -0.2) is 9.97 Å². The van der Waals surface area contributed by atoms with Crippen molar-refractivity contribution in [1.82, 2.24) is 14.9 Å². The van der Waals surface area contributed by atoms with Crippen LogP contribution in [0.25, 0.3) is 0 Å². The number of piperazine rings is 1. The van der Waals surface area contributed by atoms with Crippen molar-refractivity contribution in [2.75, 3.05) is 44.2 Å². The summed E-state index contributed by atoms with van der Waals surface area (Å²) in [5.74, 6) is 1.21. The van der Waals surface area contributed by atoms with Gasteiger partial charge in [0.1, 0.15) is 12.1 Å². The number of rotatable bonds is 6. The molecule has 0 atom stereocenters. The summed E-state index contributed by atoms with van der Waals surface area (Å²) in [4.78, 5) is 14.0. The third-order valence-electron chi connectivity index (χ3n) is 4.70. The molecule has 1 fully saturated rings. The first kappa shape index (κ1) is 14.7. The van der Waals surface area contributed by atoms with Gasteiger partial charge in [0.2, 0.25) is 0 Å². The van der Waals surface area contributed by atoms with Gasteiger partial charge >= 0.3 is 0 Å². The maximum absolute atomic E-state index is 5.54. The van der Waals surface area contributed by atoms with E-state index in [1.807, 2.05) is 0 Å². The van der Waals surface area contributed by atoms with E-state index in [1.165, 1.54) is 42.9 Å². The highest BCUT2D eigenvalue weighted by Gasteiger charge is 2.23. The van der Waals surface area contributed by atoms with E-state index in [0.717, 1.165) is 52.0 Å². The number of unbranched alkanes of at least 4 members (excludes halogenated alkanes) is 2. The lowest BCUT2D eigenvalue weighted by molar-refractivity contribution is 0.252. The molecule has 0 radical (unpaired) electrons. The van der Waals surface area contributed by atoms with Gasteiger partial charge < -0.3 is 10.6 Å². The van der Waals surface area contributed by atoms with Crippen LogP contribution in [0.15, 0.2) is 6.33 Å². The number of nitrogens with zero attached hydrogens (tertiary/aromatic N) is 4. The van der Waals surface area contributed by atoms with Crippen LogP contribution in [0, 0.1) is 0 Å². The zero-order valence-electron chi connectivity index (χ0n) is 12.9. The second-order valence-corrected chi connectivity index (χ2v) is 6.15. The van der Waals surface area contributed by atoms with Gasteiger partial charge in [0.05, 0.1) is 0 Å². The van der Waals surface area contributed by atoms with E-state index in [2.05, 4.69) is 19.8 Å². The second kappa shape index (κ2) is 7.18. The zero-order valence-corrected chi connectivity index (χ0v) is 12.9. The SMILES string of the molecule is NCCCCCN1CCN(c2ncnc3c2CCC3)CC1. The van der Waals surface area contributed by atoms with Crippen LogP contribution >= 0.6 is 0 Å². The molecule has 21 heavy (non-hydrogen) atoms. The van der Waals surface area contributed by atoms with E-state index in [9.17, 15) is 0 Å². The van der Waals surface area contributed by atoms with E-state index >= 15 is 0 Å². The summed E-state index contributed by atoms with van der Waals surface area (Å²) in [5, 5.41) is 0. The third-order valence-corrected chi connectivity index (χ3v) is 4.70. The van der Waals surface area contributed by atoms with Crippen LogP contribution in [0.1, 0.15) is 36.9 Å². The largest absolute Gasteiger partial charge is 0.354 e. The van der Waals surface area contributed by atoms with Gasteiger partial charge in [-0.05, 0) is 45.2 Å². The number of hydrogen-bond acceptors (Lipinski definition) is 5. The molecule has 1 saturated heterocycles. The molecule has 0 amide bonds. The van der Waals surface area contributed by atoms with Crippen LogP contribution in [0.3, 0.4) is 0 Å². The van der Waals surface area contributed by atoms with Crippen molar-refractivity contribution < 1.29 is 0 Å². The summed E-state index contributed by atoms with van der Waals surface area (Å²) in [5.41, 5.74) is 8.24. The number of aromatic nitrogens is 2. The van der Waals surface area contributed by atoms with E-state index in [4.69, 9.17) is 5.73 Å². The molecule has 0 spiro atoms. The summed E-state index contributed by atoms with van der Waals surface area (Å²) in [6, 6.07) is 0. The van der Waals surface area contributed by atoms with Crippen molar-refractivity contribution in [3.05, 3.63) is 17.6 Å². The van der Waals surface area contributed by atoms with Crippen LogP contribution in [0.4, 0.5) is 5.82 Å². The lowest BCUT2D eigenvalue weighted by Gasteiger charge is -2.36. The van der Waals surface area contributed by atoms with Gasteiger partial charge in [0.25, 0.3) is 0 Å². The standard InChI is InChI=1S/C16H27N5/c17-7-2-1-3-8-20-9-11-21(12-10-20)16-14-5-4-6-15(14)18-13-19-16/h13H,1-12,17H2. The average Bonchev–Trinajstić information content (AvgIpc) is 3.01. The molecule has 3 rings (SSSR count). The maximum Gasteiger partial charge on any atom is 0.135 e. The Bertz CT molecular complexity index is 454. The molecule has 1 aliphatic carbocycles. The quantitative estimate of drug-likeness (QED) is 0.798. The summed E-state index contributed by atoms with van der Waals surface area (Å²) < 4.78 is 0. The summed E-state index contributed by atoms with van der Waals surface area (Å²) in [6.45, 7) is 6.55. The minimum Gasteiger partial charge on any atom is -0.354 e. The normalized spacial score (nSPS) is 19.0. The third kappa shape index (κ3) is 3.52. The van der Waals surface area contributed by atoms with Crippen LogP contribution in [-0.2, 0) is 12.8 Å². The Balaban J connectivity index is 1.51. The topological polar surface area (TPSA) is 58.3 Å². The highest BCUT2D eigenvalue weighted by Crippen LogP contribution is 2.28. The van der Waals surface area contributed by atoms with Crippen LogP contribution < -0.4 is 10.6 Å². The summed E-state index contributed by atoms with van der Waals surface area (Å²) in [6.07, 6.45) is 8.97. The van der Waals surface area contributed by atoms with E-state index in [1.54, 1.807) is 6.33 Å². The Morgan fingerprint density at radius 3 is 2.67 bits per heavy atom. The van der Waals surface area contributed by atoms with Crippen molar-refractivity contribution in [2.24, 2.45) is 5.73 Å². The minimum absolute atomic E-state index is 0.826. The van der Waals surface area contributed by atoms with Crippen molar-refractivity contribution in [3.63, 3.8) is 0 Å². The Morgan fingerprint density at radius 1 is 1.00 bits per heavy atom. The predicted octanol–water partition coefficient (Wildman–Crippen LogP) is 1.22. The Labute approximate surface area is 127 Å². The molecule has 2 heterocycles. The van der Waals surface area contributed by atoms with Gasteiger partial charge in [0.15, 0.2) is 0 Å². The molecule has 5 nitrogen and oxygen atoms in total. The number of hydrogen-bond donors (Lipinski definition) is 1. The molecule has 0 unspecified atom stereocenters. The van der Waals surface area contributed by atoms with Crippen LogP contribution in [0.2, 0.25) is 0 Å². The van der Waals surface area contributed by atoms with Gasteiger partial charge in [-0.1, -0.05) is 6.42 Å². The summed E-state index contributed by atoms with van der Waals surface area (Å²) >= 11 is 0. The Kier molecular flexibility index (Phi) is 5.04.